The van der Waals surface area contributed by atoms with Crippen molar-refractivity contribution in [3.05, 3.63) is 47.0 Å². The number of benzene rings is 1. The fraction of sp³-hybridized carbons (Fsp3) is 0.368. The lowest BCUT2D eigenvalue weighted by atomic mass is 10.00. The molecule has 2 aromatic heterocycles. The molecule has 1 aromatic carbocycles. The number of hydrogen-bond donors (Lipinski definition) is 5. The summed E-state index contributed by atoms with van der Waals surface area (Å²) < 4.78 is 7.39. The van der Waals surface area contributed by atoms with Gasteiger partial charge in [0.25, 0.3) is 5.56 Å². The number of thioether (sulfide) groups is 1. The van der Waals surface area contributed by atoms with Crippen molar-refractivity contribution < 1.29 is 24.9 Å². The van der Waals surface area contributed by atoms with Crippen LogP contribution in [0.1, 0.15) is 6.92 Å². The minimum atomic E-state index is -1.43. The molecule has 164 valence electrons. The molecule has 1 aliphatic heterocycles. The van der Waals surface area contributed by atoms with Gasteiger partial charge in [0, 0.05) is 11.8 Å². The van der Waals surface area contributed by atoms with E-state index in [1.807, 2.05) is 30.3 Å². The van der Waals surface area contributed by atoms with Gasteiger partial charge in [-0.05, 0) is 12.1 Å². The maximum atomic E-state index is 12.2. The first-order valence-corrected chi connectivity index (χ1v) is 10.4. The first kappa shape index (κ1) is 21.5. The number of carbonyl (C=O) groups is 1. The number of hydrogen-bond acceptors (Lipinski definition) is 9. The molecule has 3 heterocycles. The molecule has 1 saturated heterocycles. The van der Waals surface area contributed by atoms with Gasteiger partial charge in [0.05, 0.1) is 12.9 Å². The number of rotatable bonds is 5. The monoisotopic (exact) mass is 447 g/mol. The number of imidazole rings is 1. The van der Waals surface area contributed by atoms with Gasteiger partial charge in [0.1, 0.15) is 29.9 Å². The molecule has 0 bridgehead atoms. The predicted octanol–water partition coefficient (Wildman–Crippen LogP) is -0.322. The molecule has 31 heavy (non-hydrogen) atoms. The second kappa shape index (κ2) is 8.77. The highest BCUT2D eigenvalue weighted by molar-refractivity contribution is 7.99. The smallest absolute Gasteiger partial charge is 0.280 e. The van der Waals surface area contributed by atoms with Gasteiger partial charge in [0.2, 0.25) is 11.9 Å². The van der Waals surface area contributed by atoms with Gasteiger partial charge in [0.15, 0.2) is 11.2 Å². The summed E-state index contributed by atoms with van der Waals surface area (Å²) in [4.78, 5) is 35.0. The van der Waals surface area contributed by atoms with E-state index in [4.69, 9.17) is 4.74 Å². The molecular formula is C19H21N5O6S. The molecule has 5 atom stereocenters. The maximum absolute atomic E-state index is 12.2. The van der Waals surface area contributed by atoms with Crippen LogP contribution in [0.3, 0.4) is 0 Å². The van der Waals surface area contributed by atoms with Gasteiger partial charge in [-0.15, -0.1) is 0 Å². The summed E-state index contributed by atoms with van der Waals surface area (Å²) in [5.74, 6) is -0.442. The lowest BCUT2D eigenvalue weighted by Crippen LogP contribution is -2.57. The Hall–Kier alpha value is -2.77. The second-order valence-corrected chi connectivity index (χ2v) is 8.28. The van der Waals surface area contributed by atoms with Crippen molar-refractivity contribution in [3.63, 3.8) is 0 Å². The van der Waals surface area contributed by atoms with Crippen molar-refractivity contribution in [1.82, 2.24) is 19.5 Å². The van der Waals surface area contributed by atoms with Crippen LogP contribution < -0.4 is 10.9 Å². The topological polar surface area (TPSA) is 163 Å². The Balaban J connectivity index is 1.60. The number of amides is 1. The zero-order valence-electron chi connectivity index (χ0n) is 16.4. The van der Waals surface area contributed by atoms with Gasteiger partial charge < -0.3 is 24.6 Å². The minimum absolute atomic E-state index is 0.00324. The normalized spacial score (nSPS) is 26.1. The van der Waals surface area contributed by atoms with Gasteiger partial charge >= 0.3 is 0 Å². The molecule has 0 radical (unpaired) electrons. The van der Waals surface area contributed by atoms with Crippen LogP contribution in [0.25, 0.3) is 11.2 Å². The molecule has 5 N–H and O–H groups in total. The van der Waals surface area contributed by atoms with Gasteiger partial charge in [-0.25, -0.2) is 4.98 Å². The van der Waals surface area contributed by atoms with E-state index in [1.165, 1.54) is 29.6 Å². The third-order valence-electron chi connectivity index (χ3n) is 4.81. The van der Waals surface area contributed by atoms with Crippen LogP contribution in [-0.2, 0) is 16.1 Å². The highest BCUT2D eigenvalue weighted by atomic mass is 32.2. The molecule has 12 heteroatoms. The van der Waals surface area contributed by atoms with Crippen LogP contribution in [0.5, 0.6) is 0 Å². The van der Waals surface area contributed by atoms with E-state index in [-0.39, 0.29) is 23.7 Å². The Labute approximate surface area is 180 Å². The molecule has 1 amide bonds. The van der Waals surface area contributed by atoms with Crippen molar-refractivity contribution in [1.29, 1.82) is 0 Å². The molecule has 3 aromatic rings. The van der Waals surface area contributed by atoms with Crippen LogP contribution in [0.15, 0.2) is 46.3 Å². The lowest BCUT2D eigenvalue weighted by Gasteiger charge is -2.40. The molecule has 3 unspecified atom stereocenters. The zero-order valence-corrected chi connectivity index (χ0v) is 17.2. The molecule has 0 spiro atoms. The number of fused-ring (bicyclic) bond motifs is 1. The van der Waals surface area contributed by atoms with E-state index in [9.17, 15) is 24.9 Å². The Kier molecular flexibility index (Phi) is 6.07. The van der Waals surface area contributed by atoms with E-state index in [2.05, 4.69) is 20.3 Å². The third kappa shape index (κ3) is 4.48. The van der Waals surface area contributed by atoms with Crippen molar-refractivity contribution in [3.8, 4) is 0 Å². The molecule has 0 aliphatic carbocycles. The second-order valence-electron chi connectivity index (χ2n) is 7.11. The highest BCUT2D eigenvalue weighted by Crippen LogP contribution is 2.33. The zero-order chi connectivity index (χ0) is 22.1. The van der Waals surface area contributed by atoms with Crippen molar-refractivity contribution in [2.24, 2.45) is 0 Å². The number of ether oxygens (including phenoxy) is 1. The fourth-order valence-corrected chi connectivity index (χ4v) is 4.39. The van der Waals surface area contributed by atoms with Gasteiger partial charge in [-0.1, -0.05) is 30.0 Å². The summed E-state index contributed by atoms with van der Waals surface area (Å²) in [5, 5.41) is 33.6. The SMILES string of the molecule is CC(=O)Nc1nc2c(ncn2CC2O[C@H](Sc3ccccc3)C(O)C(O)[C@@H]2O)c(=O)[nH]1. The highest BCUT2D eigenvalue weighted by Gasteiger charge is 2.44. The van der Waals surface area contributed by atoms with E-state index < -0.39 is 41.3 Å². The third-order valence-corrected chi connectivity index (χ3v) is 5.98. The van der Waals surface area contributed by atoms with Crippen LogP contribution in [0, 0.1) is 0 Å². The Bertz CT molecular complexity index is 1140. The number of aromatic amines is 1. The Morgan fingerprint density at radius 3 is 2.68 bits per heavy atom. The van der Waals surface area contributed by atoms with Gasteiger partial charge in [-0.2, -0.15) is 4.98 Å². The lowest BCUT2D eigenvalue weighted by molar-refractivity contribution is -0.200. The summed E-state index contributed by atoms with van der Waals surface area (Å²) in [6.07, 6.45) is -3.67. The predicted molar refractivity (Wildman–Crippen MR) is 111 cm³/mol. The number of aromatic nitrogens is 4. The van der Waals surface area contributed by atoms with Gasteiger partial charge in [-0.3, -0.25) is 19.9 Å². The first-order chi connectivity index (χ1) is 14.8. The molecule has 1 fully saturated rings. The fourth-order valence-electron chi connectivity index (χ4n) is 3.31. The number of nitrogens with one attached hydrogen (secondary N) is 2. The Morgan fingerprint density at radius 2 is 1.97 bits per heavy atom. The van der Waals surface area contributed by atoms with Crippen LogP contribution in [-0.4, -0.2) is 70.6 Å². The van der Waals surface area contributed by atoms with Crippen molar-refractivity contribution >= 4 is 34.8 Å². The molecule has 4 rings (SSSR count). The number of nitrogens with zero attached hydrogens (tertiary/aromatic N) is 3. The summed E-state index contributed by atoms with van der Waals surface area (Å²) in [6.45, 7) is 1.29. The summed E-state index contributed by atoms with van der Waals surface area (Å²) in [7, 11) is 0. The average molecular weight is 447 g/mol. The minimum Gasteiger partial charge on any atom is -0.388 e. The average Bonchev–Trinajstić information content (AvgIpc) is 3.13. The number of carbonyl (C=O) groups excluding carboxylic acids is 1. The number of aliphatic hydroxyl groups excluding tert-OH is 3. The van der Waals surface area contributed by atoms with Crippen molar-refractivity contribution in [2.75, 3.05) is 5.32 Å². The maximum Gasteiger partial charge on any atom is 0.280 e. The Morgan fingerprint density at radius 1 is 1.23 bits per heavy atom. The van der Waals surface area contributed by atoms with E-state index >= 15 is 0 Å². The molecular weight excluding hydrogens is 426 g/mol. The number of anilines is 1. The van der Waals surface area contributed by atoms with Crippen molar-refractivity contribution in [2.45, 2.75) is 48.2 Å². The summed E-state index contributed by atoms with van der Waals surface area (Å²) >= 11 is 1.22. The van der Waals surface area contributed by atoms with Crippen LogP contribution in [0.2, 0.25) is 0 Å². The molecule has 0 saturated carbocycles. The largest absolute Gasteiger partial charge is 0.388 e. The van der Waals surface area contributed by atoms with E-state index in [0.717, 1.165) is 4.90 Å². The van der Waals surface area contributed by atoms with Crippen LogP contribution in [0.4, 0.5) is 5.95 Å². The number of aliphatic hydroxyl groups is 3. The van der Waals surface area contributed by atoms with Crippen LogP contribution >= 0.6 is 11.8 Å². The molecule has 11 nitrogen and oxygen atoms in total. The summed E-state index contributed by atoms with van der Waals surface area (Å²) in [6, 6.07) is 9.23. The number of H-pyrrole nitrogens is 1. The molecule has 1 aliphatic rings. The van der Waals surface area contributed by atoms with E-state index in [0.29, 0.717) is 0 Å². The standard InChI is InChI=1S/C19H21N5O6S/c1-9(25)21-19-22-16-12(17(29)23-19)20-8-24(16)7-11-13(26)14(27)15(28)18(30-11)31-10-5-3-2-4-6-10/h2-6,8,11,13-15,18,26-28H,7H2,1H3,(H2,21,22,23,25,29)/t11?,13-,14?,15?,18-/m1/s1. The quantitative estimate of drug-likeness (QED) is 0.353. The summed E-state index contributed by atoms with van der Waals surface area (Å²) in [5.41, 5.74) is -1.14. The van der Waals surface area contributed by atoms with E-state index in [1.54, 1.807) is 0 Å². The first-order valence-electron chi connectivity index (χ1n) is 9.47.